The molecule has 1 aromatic rings. The number of ether oxygens (including phenoxy) is 1. The molecule has 0 amide bonds. The first-order chi connectivity index (χ1) is 7.18. The summed E-state index contributed by atoms with van der Waals surface area (Å²) in [5.41, 5.74) is 0.931. The highest BCUT2D eigenvalue weighted by molar-refractivity contribution is 7.96. The van der Waals surface area contributed by atoms with Gasteiger partial charge in [-0.25, -0.2) is 14.6 Å². The molecule has 0 saturated heterocycles. The van der Waals surface area contributed by atoms with Gasteiger partial charge in [-0.15, -0.1) is 0 Å². The molecule has 0 N–H and O–H groups in total. The molecule has 0 aliphatic rings. The highest BCUT2D eigenvalue weighted by Crippen LogP contribution is 2.02. The monoisotopic (exact) mass is 244 g/mol. The van der Waals surface area contributed by atoms with Crippen LogP contribution in [0.5, 0.6) is 0 Å². The Morgan fingerprint density at radius 1 is 1.27 bits per heavy atom. The molecular weight excluding hydrogens is 236 g/mol. The molecule has 6 heteroatoms. The number of hydrogen-bond donors (Lipinski definition) is 1. The molecule has 0 aromatic heterocycles. The average Bonchev–Trinajstić information content (AvgIpc) is 2.25. The minimum Gasteiger partial charge on any atom is -0.449 e. The van der Waals surface area contributed by atoms with Crippen LogP contribution in [0.15, 0.2) is 30.3 Å². The highest BCUT2D eigenvalue weighted by Gasteiger charge is 2.03. The van der Waals surface area contributed by atoms with Crippen LogP contribution in [-0.4, -0.2) is 10.5 Å². The van der Waals surface area contributed by atoms with Crippen LogP contribution in [0.4, 0.5) is 4.79 Å². The first-order valence-corrected chi connectivity index (χ1v) is 4.82. The third-order valence-corrected chi connectivity index (χ3v) is 1.64. The van der Waals surface area contributed by atoms with Crippen molar-refractivity contribution in [2.45, 2.75) is 6.61 Å². The van der Waals surface area contributed by atoms with Crippen molar-refractivity contribution in [1.82, 2.24) is 0 Å². The lowest BCUT2D eigenvalue weighted by Crippen LogP contribution is -2.08. The molecule has 0 unspecified atom stereocenters. The Morgan fingerprint density at radius 3 is 2.53 bits per heavy atom. The molecule has 1 aromatic carbocycles. The zero-order chi connectivity index (χ0) is 11.1. The fourth-order valence-electron chi connectivity index (χ4n) is 0.810. The highest BCUT2D eigenvalue weighted by atomic mass is 32.1. The van der Waals surface area contributed by atoms with E-state index in [9.17, 15) is 4.79 Å². The summed E-state index contributed by atoms with van der Waals surface area (Å²) in [7, 11) is 0. The van der Waals surface area contributed by atoms with Crippen molar-refractivity contribution in [1.29, 1.82) is 0 Å². The van der Waals surface area contributed by atoms with E-state index in [0.29, 0.717) is 0 Å². The van der Waals surface area contributed by atoms with E-state index in [1.165, 1.54) is 0 Å². The zero-order valence-electron chi connectivity index (χ0n) is 7.58. The van der Waals surface area contributed by atoms with Gasteiger partial charge in [0.1, 0.15) is 6.61 Å². The molecule has 1 rings (SSSR count). The van der Waals surface area contributed by atoms with E-state index in [1.54, 1.807) is 0 Å². The minimum absolute atomic E-state index is 0.254. The Labute approximate surface area is 97.5 Å². The van der Waals surface area contributed by atoms with Crippen molar-refractivity contribution in [3.63, 3.8) is 0 Å². The molecular formula is C9H8O4S2. The van der Waals surface area contributed by atoms with E-state index < -0.39 is 5.30 Å². The first-order valence-electron chi connectivity index (χ1n) is 3.96. The number of carbonyl (C=O) groups excluding carboxylic acids is 1. The Morgan fingerprint density at radius 2 is 1.93 bits per heavy atom. The van der Waals surface area contributed by atoms with Gasteiger partial charge in [0.2, 0.25) is 0 Å². The molecule has 0 atom stereocenters. The Kier molecular flexibility index (Phi) is 4.92. The van der Waals surface area contributed by atoms with Crippen LogP contribution >= 0.6 is 24.8 Å². The van der Waals surface area contributed by atoms with Gasteiger partial charge in [0, 0.05) is 12.2 Å². The third-order valence-electron chi connectivity index (χ3n) is 1.38. The van der Waals surface area contributed by atoms with Crippen LogP contribution in [0.1, 0.15) is 5.56 Å². The minimum atomic E-state index is -0.888. The number of rotatable bonds is 2. The van der Waals surface area contributed by atoms with E-state index >= 15 is 0 Å². The van der Waals surface area contributed by atoms with E-state index in [-0.39, 0.29) is 11.8 Å². The molecule has 80 valence electrons. The van der Waals surface area contributed by atoms with Gasteiger partial charge in [0.05, 0.1) is 0 Å². The predicted molar refractivity (Wildman–Crippen MR) is 60.4 cm³/mol. The van der Waals surface area contributed by atoms with E-state index in [1.807, 2.05) is 30.3 Å². The molecule has 0 aliphatic heterocycles. The zero-order valence-corrected chi connectivity index (χ0v) is 9.29. The van der Waals surface area contributed by atoms with Crippen LogP contribution in [0, 0.1) is 0 Å². The second-order valence-corrected chi connectivity index (χ2v) is 3.16. The summed E-state index contributed by atoms with van der Waals surface area (Å²) in [5, 5.41) is -1.15. The molecule has 0 bridgehead atoms. The Balaban J connectivity index is 2.26. The van der Waals surface area contributed by atoms with E-state index in [4.69, 9.17) is 4.74 Å². The van der Waals surface area contributed by atoms with Crippen LogP contribution in [-0.2, 0) is 21.1 Å². The van der Waals surface area contributed by atoms with Crippen LogP contribution in [0.25, 0.3) is 0 Å². The van der Waals surface area contributed by atoms with Crippen molar-refractivity contribution < 1.29 is 19.3 Å². The van der Waals surface area contributed by atoms with Crippen LogP contribution in [0.3, 0.4) is 0 Å². The summed E-state index contributed by atoms with van der Waals surface area (Å²) < 4.78 is 4.98. The van der Waals surface area contributed by atoms with Gasteiger partial charge >= 0.3 is 10.5 Å². The SMILES string of the molecule is O=C(S)OOC(=S)OCc1ccccc1. The van der Waals surface area contributed by atoms with Gasteiger partial charge in [-0.2, -0.15) is 0 Å². The van der Waals surface area contributed by atoms with Gasteiger partial charge in [0.15, 0.2) is 0 Å². The maximum atomic E-state index is 10.2. The predicted octanol–water partition coefficient (Wildman–Crippen LogP) is 2.49. The molecule has 0 spiro atoms. The molecule has 0 heterocycles. The average molecular weight is 244 g/mol. The maximum absolute atomic E-state index is 10.2. The molecule has 15 heavy (non-hydrogen) atoms. The number of carbonyl (C=O) groups is 1. The third kappa shape index (κ3) is 5.24. The topological polar surface area (TPSA) is 44.8 Å². The Hall–Kier alpha value is -1.27. The van der Waals surface area contributed by atoms with Gasteiger partial charge in [-0.05, 0) is 5.56 Å². The second-order valence-electron chi connectivity index (χ2n) is 2.46. The van der Waals surface area contributed by atoms with Crippen molar-refractivity contribution >= 4 is 35.4 Å². The molecule has 4 nitrogen and oxygen atoms in total. The smallest absolute Gasteiger partial charge is 0.410 e. The molecule has 0 saturated carbocycles. The van der Waals surface area contributed by atoms with E-state index in [2.05, 4.69) is 34.6 Å². The van der Waals surface area contributed by atoms with Crippen LogP contribution < -0.4 is 0 Å². The number of thiocarbonyl (C=S) groups is 1. The molecule has 0 aliphatic carbocycles. The summed E-state index contributed by atoms with van der Waals surface area (Å²) in [4.78, 5) is 18.6. The van der Waals surface area contributed by atoms with Crippen molar-refractivity contribution in [3.8, 4) is 0 Å². The van der Waals surface area contributed by atoms with Crippen molar-refractivity contribution in [3.05, 3.63) is 35.9 Å². The largest absolute Gasteiger partial charge is 0.449 e. The lowest BCUT2D eigenvalue weighted by atomic mass is 10.2. The summed E-state index contributed by atoms with van der Waals surface area (Å²) in [6, 6.07) is 9.37. The number of benzene rings is 1. The summed E-state index contributed by atoms with van der Waals surface area (Å²) in [6.45, 7) is 0.254. The summed E-state index contributed by atoms with van der Waals surface area (Å²) in [5.74, 6) is 0. The fourth-order valence-corrected chi connectivity index (χ4v) is 0.940. The first kappa shape index (κ1) is 11.8. The maximum Gasteiger partial charge on any atom is 0.410 e. The fraction of sp³-hybridized carbons (Fsp3) is 0.111. The standard InChI is InChI=1S/C9H8O4S2/c10-8(14)12-13-9(15)11-6-7-4-2-1-3-5-7/h1-5H,6H2,(H,10,14). The van der Waals surface area contributed by atoms with Gasteiger partial charge < -0.3 is 4.74 Å². The number of hydrogen-bond acceptors (Lipinski definition) is 5. The van der Waals surface area contributed by atoms with Crippen molar-refractivity contribution in [2.75, 3.05) is 0 Å². The molecule has 0 radical (unpaired) electrons. The van der Waals surface area contributed by atoms with Crippen molar-refractivity contribution in [2.24, 2.45) is 0 Å². The lowest BCUT2D eigenvalue weighted by molar-refractivity contribution is -0.164. The second kappa shape index (κ2) is 6.26. The Bertz CT molecular complexity index is 339. The quantitative estimate of drug-likeness (QED) is 0.375. The van der Waals surface area contributed by atoms with Crippen LogP contribution in [0.2, 0.25) is 0 Å². The lowest BCUT2D eigenvalue weighted by Gasteiger charge is -2.05. The molecule has 0 fully saturated rings. The van der Waals surface area contributed by atoms with Gasteiger partial charge in [-0.1, -0.05) is 43.0 Å². The normalized spacial score (nSPS) is 9.13. The summed E-state index contributed by atoms with van der Waals surface area (Å²) >= 11 is 7.93. The number of thiol groups is 1. The van der Waals surface area contributed by atoms with Gasteiger partial charge in [0.25, 0.3) is 0 Å². The summed E-state index contributed by atoms with van der Waals surface area (Å²) in [6.07, 6.45) is 0. The van der Waals surface area contributed by atoms with Gasteiger partial charge in [-0.3, -0.25) is 0 Å². The van der Waals surface area contributed by atoms with E-state index in [0.717, 1.165) is 5.56 Å².